The lowest BCUT2D eigenvalue weighted by Crippen LogP contribution is -2.24. The van der Waals surface area contributed by atoms with Crippen molar-refractivity contribution in [3.05, 3.63) is 29.3 Å². The Balaban J connectivity index is 2.05. The van der Waals surface area contributed by atoms with E-state index >= 15 is 0 Å². The van der Waals surface area contributed by atoms with E-state index in [1.165, 1.54) is 0 Å². The molecular formula is C16H24N2O2. The first-order valence-corrected chi connectivity index (χ1v) is 7.31. The normalized spacial score (nSPS) is 18.6. The first-order chi connectivity index (χ1) is 9.67. The summed E-state index contributed by atoms with van der Waals surface area (Å²) in [4.78, 5) is 14.0. The molecule has 1 unspecified atom stereocenters. The zero-order chi connectivity index (χ0) is 14.5. The molecule has 1 heterocycles. The highest BCUT2D eigenvalue weighted by atomic mass is 16.5. The number of ether oxygens (including phenoxy) is 1. The maximum atomic E-state index is 12.0. The highest BCUT2D eigenvalue weighted by molar-refractivity contribution is 5.78. The Hall–Kier alpha value is -1.55. The molecular weight excluding hydrogens is 252 g/mol. The third-order valence-corrected chi connectivity index (χ3v) is 3.94. The van der Waals surface area contributed by atoms with Gasteiger partial charge in [0.2, 0.25) is 5.91 Å². The van der Waals surface area contributed by atoms with Crippen LogP contribution in [0.3, 0.4) is 0 Å². The van der Waals surface area contributed by atoms with Crippen LogP contribution in [0.25, 0.3) is 0 Å². The molecule has 20 heavy (non-hydrogen) atoms. The second-order valence-corrected chi connectivity index (χ2v) is 5.48. The van der Waals surface area contributed by atoms with Gasteiger partial charge in [0.25, 0.3) is 0 Å². The minimum absolute atomic E-state index is 0.269. The molecule has 4 nitrogen and oxygen atoms in total. The maximum Gasteiger partial charge on any atom is 0.223 e. The fourth-order valence-corrected chi connectivity index (χ4v) is 2.88. The van der Waals surface area contributed by atoms with Gasteiger partial charge in [-0.3, -0.25) is 4.79 Å². The van der Waals surface area contributed by atoms with Crippen molar-refractivity contribution in [2.75, 3.05) is 13.7 Å². The van der Waals surface area contributed by atoms with Gasteiger partial charge in [-0.05, 0) is 24.0 Å². The summed E-state index contributed by atoms with van der Waals surface area (Å²) < 4.78 is 5.34. The van der Waals surface area contributed by atoms with E-state index in [1.807, 2.05) is 23.1 Å². The molecule has 1 amide bonds. The van der Waals surface area contributed by atoms with Crippen LogP contribution in [0.5, 0.6) is 5.75 Å². The van der Waals surface area contributed by atoms with Crippen LogP contribution in [-0.2, 0) is 17.9 Å². The lowest BCUT2D eigenvalue weighted by Gasteiger charge is -2.18. The highest BCUT2D eigenvalue weighted by Crippen LogP contribution is 2.26. The fraction of sp³-hybridized carbons (Fsp3) is 0.562. The number of likely N-dealkylation sites (tertiary alicyclic amines) is 1. The summed E-state index contributed by atoms with van der Waals surface area (Å²) in [6.07, 6.45) is 2.98. The molecule has 2 rings (SSSR count). The van der Waals surface area contributed by atoms with E-state index in [4.69, 9.17) is 10.5 Å². The smallest absolute Gasteiger partial charge is 0.223 e. The molecule has 0 spiro atoms. The van der Waals surface area contributed by atoms with Crippen LogP contribution in [-0.4, -0.2) is 24.5 Å². The predicted octanol–water partition coefficient (Wildman–Crippen LogP) is 2.30. The highest BCUT2D eigenvalue weighted by Gasteiger charge is 2.28. The number of nitrogens with two attached hydrogens (primary N) is 1. The standard InChI is InChI=1S/C16H24N2O2/c1-3-4-12-8-16(19)18(10-12)11-13-5-6-14(9-17)15(7-13)20-2/h5-7,12H,3-4,8-11,17H2,1-2H3. The van der Waals surface area contributed by atoms with Gasteiger partial charge in [0.1, 0.15) is 5.75 Å². The number of nitrogens with zero attached hydrogens (tertiary/aromatic N) is 1. The van der Waals surface area contributed by atoms with Crippen LogP contribution in [0.2, 0.25) is 0 Å². The van der Waals surface area contributed by atoms with Crippen molar-refractivity contribution < 1.29 is 9.53 Å². The Kier molecular flexibility index (Phi) is 5.01. The molecule has 1 aliphatic heterocycles. The van der Waals surface area contributed by atoms with Crippen LogP contribution in [0, 0.1) is 5.92 Å². The molecule has 2 N–H and O–H groups in total. The number of hydrogen-bond acceptors (Lipinski definition) is 3. The minimum atomic E-state index is 0.269. The van der Waals surface area contributed by atoms with E-state index in [0.717, 1.165) is 36.3 Å². The molecule has 1 fully saturated rings. The summed E-state index contributed by atoms with van der Waals surface area (Å²) in [6, 6.07) is 6.01. The summed E-state index contributed by atoms with van der Waals surface area (Å²) in [5, 5.41) is 0. The van der Waals surface area contributed by atoms with Crippen molar-refractivity contribution in [2.45, 2.75) is 39.3 Å². The van der Waals surface area contributed by atoms with Crippen LogP contribution >= 0.6 is 0 Å². The third kappa shape index (κ3) is 3.31. The van der Waals surface area contributed by atoms with E-state index < -0.39 is 0 Å². The molecule has 1 atom stereocenters. The summed E-state index contributed by atoms with van der Waals surface area (Å²) in [7, 11) is 1.65. The van der Waals surface area contributed by atoms with Gasteiger partial charge in [-0.25, -0.2) is 0 Å². The van der Waals surface area contributed by atoms with Crippen LogP contribution < -0.4 is 10.5 Å². The van der Waals surface area contributed by atoms with E-state index in [0.29, 0.717) is 25.4 Å². The maximum absolute atomic E-state index is 12.0. The quantitative estimate of drug-likeness (QED) is 0.867. The number of rotatable bonds is 6. The zero-order valence-corrected chi connectivity index (χ0v) is 12.4. The average molecular weight is 276 g/mol. The monoisotopic (exact) mass is 276 g/mol. The number of benzene rings is 1. The SMILES string of the molecule is CCCC1CC(=O)N(Cc2ccc(CN)c(OC)c2)C1. The largest absolute Gasteiger partial charge is 0.496 e. The average Bonchev–Trinajstić information content (AvgIpc) is 2.79. The van der Waals surface area contributed by atoms with E-state index in [2.05, 4.69) is 6.92 Å². The lowest BCUT2D eigenvalue weighted by atomic mass is 10.0. The van der Waals surface area contributed by atoms with Crippen LogP contribution in [0.15, 0.2) is 18.2 Å². The third-order valence-electron chi connectivity index (χ3n) is 3.94. The van der Waals surface area contributed by atoms with Crippen molar-refractivity contribution >= 4 is 5.91 Å². The Morgan fingerprint density at radius 3 is 2.90 bits per heavy atom. The van der Waals surface area contributed by atoms with Gasteiger partial charge in [-0.2, -0.15) is 0 Å². The number of methoxy groups -OCH3 is 1. The van der Waals surface area contributed by atoms with Gasteiger partial charge in [0.05, 0.1) is 7.11 Å². The predicted molar refractivity (Wildman–Crippen MR) is 79.3 cm³/mol. The van der Waals surface area contributed by atoms with Gasteiger partial charge >= 0.3 is 0 Å². The molecule has 1 aromatic carbocycles. The molecule has 0 bridgehead atoms. The van der Waals surface area contributed by atoms with Gasteiger partial charge < -0.3 is 15.4 Å². The fourth-order valence-electron chi connectivity index (χ4n) is 2.88. The number of carbonyl (C=O) groups excluding carboxylic acids is 1. The summed E-state index contributed by atoms with van der Waals surface area (Å²) in [6.45, 7) is 4.18. The molecule has 110 valence electrons. The van der Waals surface area contributed by atoms with E-state index in [1.54, 1.807) is 7.11 Å². The minimum Gasteiger partial charge on any atom is -0.496 e. The van der Waals surface area contributed by atoms with Crippen molar-refractivity contribution in [1.29, 1.82) is 0 Å². The number of carbonyl (C=O) groups is 1. The van der Waals surface area contributed by atoms with Gasteiger partial charge in [0.15, 0.2) is 0 Å². The Morgan fingerprint density at radius 1 is 1.45 bits per heavy atom. The van der Waals surface area contributed by atoms with E-state index in [9.17, 15) is 4.79 Å². The van der Waals surface area contributed by atoms with Crippen molar-refractivity contribution in [1.82, 2.24) is 4.90 Å². The van der Waals surface area contributed by atoms with Crippen molar-refractivity contribution in [3.8, 4) is 5.75 Å². The lowest BCUT2D eigenvalue weighted by molar-refractivity contribution is -0.128. The second kappa shape index (κ2) is 6.75. The molecule has 4 heteroatoms. The van der Waals surface area contributed by atoms with E-state index in [-0.39, 0.29) is 5.91 Å². The van der Waals surface area contributed by atoms with Gasteiger partial charge in [0, 0.05) is 31.6 Å². The summed E-state index contributed by atoms with van der Waals surface area (Å²) in [5.41, 5.74) is 7.76. The number of hydrogen-bond donors (Lipinski definition) is 1. The summed E-state index contributed by atoms with van der Waals surface area (Å²) >= 11 is 0. The Bertz CT molecular complexity index is 474. The van der Waals surface area contributed by atoms with Crippen molar-refractivity contribution in [2.24, 2.45) is 11.7 Å². The first-order valence-electron chi connectivity index (χ1n) is 7.31. The van der Waals surface area contributed by atoms with Crippen LogP contribution in [0.4, 0.5) is 0 Å². The zero-order valence-electron chi connectivity index (χ0n) is 12.4. The second-order valence-electron chi connectivity index (χ2n) is 5.48. The molecule has 0 radical (unpaired) electrons. The Morgan fingerprint density at radius 2 is 2.25 bits per heavy atom. The first kappa shape index (κ1) is 14.9. The van der Waals surface area contributed by atoms with Gasteiger partial charge in [-0.15, -0.1) is 0 Å². The number of amides is 1. The van der Waals surface area contributed by atoms with Gasteiger partial charge in [-0.1, -0.05) is 25.5 Å². The molecule has 1 aliphatic rings. The van der Waals surface area contributed by atoms with Crippen LogP contribution in [0.1, 0.15) is 37.3 Å². The molecule has 0 saturated carbocycles. The summed E-state index contributed by atoms with van der Waals surface area (Å²) in [5.74, 6) is 1.60. The topological polar surface area (TPSA) is 55.6 Å². The molecule has 0 aliphatic carbocycles. The molecule has 0 aromatic heterocycles. The molecule has 1 saturated heterocycles. The van der Waals surface area contributed by atoms with Crippen molar-refractivity contribution in [3.63, 3.8) is 0 Å². The Labute approximate surface area is 120 Å². The molecule has 1 aromatic rings.